The zero-order valence-electron chi connectivity index (χ0n) is 26.5. The van der Waals surface area contributed by atoms with Crippen molar-refractivity contribution < 1.29 is 8.83 Å². The Bertz CT molecular complexity index is 2820. The predicted molar refractivity (Wildman–Crippen MR) is 204 cm³/mol. The second-order valence-corrected chi connectivity index (χ2v) is 12.5. The monoisotopic (exact) mass is 627 g/mol. The van der Waals surface area contributed by atoms with E-state index in [1.54, 1.807) is 0 Å². The Hall–Kier alpha value is -6.58. The van der Waals surface area contributed by atoms with Crippen LogP contribution >= 0.6 is 0 Å². The Morgan fingerprint density at radius 1 is 0.347 bits per heavy atom. The minimum atomic E-state index is 0.867. The highest BCUT2D eigenvalue weighted by molar-refractivity contribution is 6.13. The third kappa shape index (κ3) is 4.51. The standard InChI is InChI=1S/C46H29NO2/c1-2-11-36-31(9-1)10-7-14-37(36)32-21-26-35(27-22-32)47(41-15-8-18-44-46(41)40-13-4-6-17-43(40)48-44)34-24-19-30(20-25-34)33-23-28-39-38-12-3-5-16-42(38)49-45(39)29-33/h1-29H. The largest absolute Gasteiger partial charge is 0.456 e. The molecule has 0 aliphatic rings. The third-order valence-corrected chi connectivity index (χ3v) is 9.69. The SMILES string of the molecule is c1ccc2c(-c3ccc(N(c4ccc(-c5ccc6c(c5)oc5ccccc56)cc4)c4cccc5oc6ccccc6c45)cc3)cccc2c1. The second kappa shape index (κ2) is 11.0. The van der Waals surface area contributed by atoms with Gasteiger partial charge >= 0.3 is 0 Å². The summed E-state index contributed by atoms with van der Waals surface area (Å²) in [6.45, 7) is 0. The van der Waals surface area contributed by atoms with Crippen LogP contribution < -0.4 is 4.90 Å². The quantitative estimate of drug-likeness (QED) is 0.190. The summed E-state index contributed by atoms with van der Waals surface area (Å²) in [6.07, 6.45) is 0. The van der Waals surface area contributed by atoms with Crippen molar-refractivity contribution in [2.24, 2.45) is 0 Å². The maximum atomic E-state index is 6.33. The van der Waals surface area contributed by atoms with E-state index in [-0.39, 0.29) is 0 Å². The molecular formula is C46H29NO2. The van der Waals surface area contributed by atoms with Gasteiger partial charge in [0.15, 0.2) is 0 Å². The molecule has 0 aliphatic heterocycles. The number of hydrogen-bond donors (Lipinski definition) is 0. The van der Waals surface area contributed by atoms with E-state index >= 15 is 0 Å². The van der Waals surface area contributed by atoms with Crippen molar-refractivity contribution in [3.8, 4) is 22.3 Å². The van der Waals surface area contributed by atoms with E-state index in [2.05, 4.69) is 157 Å². The van der Waals surface area contributed by atoms with Gasteiger partial charge in [0.25, 0.3) is 0 Å². The minimum absolute atomic E-state index is 0.867. The summed E-state index contributed by atoms with van der Waals surface area (Å²) in [5.74, 6) is 0. The van der Waals surface area contributed by atoms with Gasteiger partial charge in [-0.15, -0.1) is 0 Å². The summed E-state index contributed by atoms with van der Waals surface area (Å²) in [5.41, 5.74) is 11.4. The lowest BCUT2D eigenvalue weighted by molar-refractivity contribution is 0.668. The smallest absolute Gasteiger partial charge is 0.137 e. The van der Waals surface area contributed by atoms with Crippen molar-refractivity contribution in [2.75, 3.05) is 4.90 Å². The Morgan fingerprint density at radius 2 is 0.898 bits per heavy atom. The molecule has 3 nitrogen and oxygen atoms in total. The van der Waals surface area contributed by atoms with E-state index in [1.807, 2.05) is 24.3 Å². The topological polar surface area (TPSA) is 29.5 Å². The molecule has 49 heavy (non-hydrogen) atoms. The van der Waals surface area contributed by atoms with E-state index < -0.39 is 0 Å². The van der Waals surface area contributed by atoms with Crippen LogP contribution in [0.4, 0.5) is 17.1 Å². The normalized spacial score (nSPS) is 11.7. The Balaban J connectivity index is 1.10. The summed E-state index contributed by atoms with van der Waals surface area (Å²) in [5, 5.41) is 6.96. The lowest BCUT2D eigenvalue weighted by atomic mass is 9.98. The molecule has 0 atom stereocenters. The molecular weight excluding hydrogens is 599 g/mol. The molecule has 0 saturated carbocycles. The van der Waals surface area contributed by atoms with Crippen LogP contribution in [-0.2, 0) is 0 Å². The zero-order valence-corrected chi connectivity index (χ0v) is 26.5. The number of anilines is 3. The first-order valence-electron chi connectivity index (χ1n) is 16.6. The van der Waals surface area contributed by atoms with Crippen LogP contribution in [0.3, 0.4) is 0 Å². The summed E-state index contributed by atoms with van der Waals surface area (Å²) in [6, 6.07) is 62.1. The fourth-order valence-electron chi connectivity index (χ4n) is 7.35. The van der Waals surface area contributed by atoms with E-state index in [1.165, 1.54) is 21.9 Å². The number of hydrogen-bond acceptors (Lipinski definition) is 3. The van der Waals surface area contributed by atoms with Gasteiger partial charge < -0.3 is 13.7 Å². The number of rotatable bonds is 5. The third-order valence-electron chi connectivity index (χ3n) is 9.69. The first-order chi connectivity index (χ1) is 24.3. The van der Waals surface area contributed by atoms with Gasteiger partial charge in [0, 0.05) is 27.5 Å². The highest BCUT2D eigenvalue weighted by Gasteiger charge is 2.20. The predicted octanol–water partition coefficient (Wildman–Crippen LogP) is 13.4. The van der Waals surface area contributed by atoms with Crippen molar-refractivity contribution in [1.29, 1.82) is 0 Å². The zero-order chi connectivity index (χ0) is 32.3. The van der Waals surface area contributed by atoms with Gasteiger partial charge in [-0.2, -0.15) is 0 Å². The summed E-state index contributed by atoms with van der Waals surface area (Å²) in [7, 11) is 0. The van der Waals surface area contributed by atoms with Crippen LogP contribution in [0.1, 0.15) is 0 Å². The minimum Gasteiger partial charge on any atom is -0.456 e. The highest BCUT2D eigenvalue weighted by Crippen LogP contribution is 2.44. The molecule has 0 saturated heterocycles. The first kappa shape index (κ1) is 27.5. The maximum absolute atomic E-state index is 6.33. The lowest BCUT2D eigenvalue weighted by Crippen LogP contribution is -2.10. The molecule has 230 valence electrons. The van der Waals surface area contributed by atoms with Crippen LogP contribution in [0, 0.1) is 0 Å². The molecule has 0 fully saturated rings. The molecule has 10 rings (SSSR count). The molecule has 0 unspecified atom stereocenters. The van der Waals surface area contributed by atoms with E-state index in [0.717, 1.165) is 72.1 Å². The molecule has 8 aromatic carbocycles. The van der Waals surface area contributed by atoms with Gasteiger partial charge in [-0.05, 0) is 93.7 Å². The average Bonchev–Trinajstić information content (AvgIpc) is 3.74. The Kier molecular flexibility index (Phi) is 6.18. The van der Waals surface area contributed by atoms with E-state index in [9.17, 15) is 0 Å². The highest BCUT2D eigenvalue weighted by atomic mass is 16.3. The van der Waals surface area contributed by atoms with Crippen LogP contribution in [0.2, 0.25) is 0 Å². The molecule has 2 heterocycles. The van der Waals surface area contributed by atoms with Crippen molar-refractivity contribution in [3.63, 3.8) is 0 Å². The van der Waals surface area contributed by atoms with Crippen LogP contribution in [-0.4, -0.2) is 0 Å². The molecule has 2 aromatic heterocycles. The Labute approximate surface area is 282 Å². The fourth-order valence-corrected chi connectivity index (χ4v) is 7.35. The van der Waals surface area contributed by atoms with E-state index in [4.69, 9.17) is 8.83 Å². The summed E-state index contributed by atoms with van der Waals surface area (Å²) in [4.78, 5) is 2.34. The van der Waals surface area contributed by atoms with Gasteiger partial charge in [0.1, 0.15) is 22.3 Å². The molecule has 0 bridgehead atoms. The van der Waals surface area contributed by atoms with Crippen molar-refractivity contribution >= 4 is 71.7 Å². The van der Waals surface area contributed by atoms with Gasteiger partial charge in [-0.1, -0.05) is 115 Å². The number of para-hydroxylation sites is 2. The fraction of sp³-hybridized carbons (Fsp3) is 0. The van der Waals surface area contributed by atoms with Gasteiger partial charge in [-0.3, -0.25) is 0 Å². The van der Waals surface area contributed by atoms with E-state index in [0.29, 0.717) is 0 Å². The number of furan rings is 2. The van der Waals surface area contributed by atoms with Crippen molar-refractivity contribution in [1.82, 2.24) is 0 Å². The molecule has 0 N–H and O–H groups in total. The molecule has 0 radical (unpaired) electrons. The van der Waals surface area contributed by atoms with Gasteiger partial charge in [-0.25, -0.2) is 0 Å². The molecule has 10 aromatic rings. The molecule has 0 amide bonds. The second-order valence-electron chi connectivity index (χ2n) is 12.5. The van der Waals surface area contributed by atoms with Crippen LogP contribution in [0.5, 0.6) is 0 Å². The Morgan fingerprint density at radius 3 is 1.69 bits per heavy atom. The van der Waals surface area contributed by atoms with Crippen molar-refractivity contribution in [3.05, 3.63) is 176 Å². The molecule has 0 spiro atoms. The number of fused-ring (bicyclic) bond motifs is 7. The first-order valence-corrected chi connectivity index (χ1v) is 16.6. The summed E-state index contributed by atoms with van der Waals surface area (Å²) >= 11 is 0. The van der Waals surface area contributed by atoms with Gasteiger partial charge in [0.05, 0.1) is 11.1 Å². The number of nitrogens with zero attached hydrogens (tertiary/aromatic N) is 1. The average molecular weight is 628 g/mol. The lowest BCUT2D eigenvalue weighted by Gasteiger charge is -2.26. The molecule has 0 aliphatic carbocycles. The van der Waals surface area contributed by atoms with Crippen molar-refractivity contribution in [2.45, 2.75) is 0 Å². The maximum Gasteiger partial charge on any atom is 0.137 e. The van der Waals surface area contributed by atoms with Gasteiger partial charge in [0.2, 0.25) is 0 Å². The summed E-state index contributed by atoms with van der Waals surface area (Å²) < 4.78 is 12.5. The van der Waals surface area contributed by atoms with Crippen LogP contribution in [0.15, 0.2) is 185 Å². The molecule has 3 heteroatoms. The van der Waals surface area contributed by atoms with Crippen LogP contribution in [0.25, 0.3) is 76.9 Å². The number of benzene rings is 8.